The molecule has 0 aliphatic rings. The molecule has 0 spiro atoms. The van der Waals surface area contributed by atoms with E-state index in [1.165, 1.54) is 21.7 Å². The third kappa shape index (κ3) is 4.73. The van der Waals surface area contributed by atoms with Gasteiger partial charge < -0.3 is 0 Å². The monoisotopic (exact) mass is 436 g/mol. The van der Waals surface area contributed by atoms with Crippen molar-refractivity contribution in [3.05, 3.63) is 130 Å². The van der Waals surface area contributed by atoms with Gasteiger partial charge in [0.15, 0.2) is 0 Å². The topological polar surface area (TPSA) is 0 Å². The SMILES string of the molecule is Clc1ccc(C[PH](Cc2ccc(Cl)cc2)(c2ccccc2)c2ccccc2)cc1. The molecule has 0 aromatic heterocycles. The summed E-state index contributed by atoms with van der Waals surface area (Å²) in [5.41, 5.74) is 2.64. The van der Waals surface area contributed by atoms with E-state index in [4.69, 9.17) is 23.2 Å². The van der Waals surface area contributed by atoms with Gasteiger partial charge in [0.05, 0.1) is 0 Å². The fourth-order valence-electron chi connectivity index (χ4n) is 4.05. The van der Waals surface area contributed by atoms with Gasteiger partial charge in [-0.2, -0.15) is 0 Å². The van der Waals surface area contributed by atoms with Crippen molar-refractivity contribution in [3.8, 4) is 0 Å². The van der Waals surface area contributed by atoms with Crippen molar-refractivity contribution in [1.82, 2.24) is 0 Å². The summed E-state index contributed by atoms with van der Waals surface area (Å²) in [5.74, 6) is 0. The standard InChI is InChI=1S/C26H23Cl2P/c27-23-15-11-21(12-16-23)19-29(25-7-3-1-4-8-25,26-9-5-2-6-10-26)20-22-13-17-24(28)18-14-22/h1-18,29H,19-20H2. The van der Waals surface area contributed by atoms with E-state index in [1.807, 2.05) is 24.3 Å². The van der Waals surface area contributed by atoms with Crippen molar-refractivity contribution >= 4 is 41.1 Å². The Morgan fingerprint density at radius 1 is 0.448 bits per heavy atom. The molecule has 0 amide bonds. The maximum atomic E-state index is 6.16. The van der Waals surface area contributed by atoms with Gasteiger partial charge in [-0.1, -0.05) is 0 Å². The van der Waals surface area contributed by atoms with Crippen LogP contribution in [0.1, 0.15) is 11.1 Å². The first-order valence-corrected chi connectivity index (χ1v) is 12.9. The van der Waals surface area contributed by atoms with E-state index >= 15 is 0 Å². The zero-order valence-electron chi connectivity index (χ0n) is 16.1. The van der Waals surface area contributed by atoms with Crippen LogP contribution in [0.3, 0.4) is 0 Å². The van der Waals surface area contributed by atoms with Gasteiger partial charge in [-0.15, -0.1) is 0 Å². The van der Waals surface area contributed by atoms with Crippen LogP contribution >= 0.6 is 30.5 Å². The van der Waals surface area contributed by atoms with Crippen molar-refractivity contribution in [2.45, 2.75) is 12.3 Å². The zero-order chi connectivity index (χ0) is 20.1. The molecule has 0 atom stereocenters. The van der Waals surface area contributed by atoms with Gasteiger partial charge in [0.2, 0.25) is 0 Å². The number of hydrogen-bond acceptors (Lipinski definition) is 0. The normalized spacial score (nSPS) is 11.9. The van der Waals surface area contributed by atoms with Crippen LogP contribution in [-0.2, 0) is 12.3 Å². The van der Waals surface area contributed by atoms with Crippen LogP contribution in [-0.4, -0.2) is 0 Å². The van der Waals surface area contributed by atoms with Gasteiger partial charge >= 0.3 is 184 Å². The zero-order valence-corrected chi connectivity index (χ0v) is 18.6. The van der Waals surface area contributed by atoms with Crippen molar-refractivity contribution in [2.24, 2.45) is 0 Å². The number of benzene rings is 4. The van der Waals surface area contributed by atoms with Crippen molar-refractivity contribution < 1.29 is 0 Å². The minimum atomic E-state index is -2.15. The van der Waals surface area contributed by atoms with Crippen LogP contribution in [0.15, 0.2) is 109 Å². The average molecular weight is 437 g/mol. The Balaban J connectivity index is 1.88. The molecule has 0 radical (unpaired) electrons. The summed E-state index contributed by atoms with van der Waals surface area (Å²) < 4.78 is 0. The number of rotatable bonds is 6. The molecule has 0 bridgehead atoms. The predicted octanol–water partition coefficient (Wildman–Crippen LogP) is 7.09. The summed E-state index contributed by atoms with van der Waals surface area (Å²) in [6.45, 7) is 0. The van der Waals surface area contributed by atoms with Gasteiger partial charge in [-0.3, -0.25) is 0 Å². The van der Waals surface area contributed by atoms with E-state index in [2.05, 4.69) is 84.9 Å². The Bertz CT molecular complexity index is 954. The van der Waals surface area contributed by atoms with E-state index < -0.39 is 7.26 Å². The molecule has 0 aliphatic carbocycles. The van der Waals surface area contributed by atoms with Crippen LogP contribution in [0.4, 0.5) is 0 Å². The van der Waals surface area contributed by atoms with Crippen LogP contribution in [0.25, 0.3) is 0 Å². The molecule has 0 saturated carbocycles. The fourth-order valence-corrected chi connectivity index (χ4v) is 9.11. The Kier molecular flexibility index (Phi) is 6.36. The van der Waals surface area contributed by atoms with Crippen LogP contribution < -0.4 is 10.6 Å². The summed E-state index contributed by atoms with van der Waals surface area (Å²) in [6.07, 6.45) is 2.03. The fraction of sp³-hybridized carbons (Fsp3) is 0.0769. The summed E-state index contributed by atoms with van der Waals surface area (Å²) >= 11 is 12.3. The van der Waals surface area contributed by atoms with E-state index in [-0.39, 0.29) is 0 Å². The summed E-state index contributed by atoms with van der Waals surface area (Å²) in [7, 11) is -2.15. The third-order valence-corrected chi connectivity index (χ3v) is 10.9. The summed E-state index contributed by atoms with van der Waals surface area (Å²) in [6, 6.07) is 38.6. The molecule has 0 heterocycles. The average Bonchev–Trinajstić information content (AvgIpc) is 2.77. The summed E-state index contributed by atoms with van der Waals surface area (Å²) in [5, 5.41) is 4.43. The van der Waals surface area contributed by atoms with Crippen LogP contribution in [0.5, 0.6) is 0 Å². The molecule has 29 heavy (non-hydrogen) atoms. The van der Waals surface area contributed by atoms with Crippen molar-refractivity contribution in [3.63, 3.8) is 0 Å². The van der Waals surface area contributed by atoms with Gasteiger partial charge in [0, 0.05) is 0 Å². The van der Waals surface area contributed by atoms with Gasteiger partial charge in [-0.25, -0.2) is 0 Å². The molecule has 4 aromatic carbocycles. The van der Waals surface area contributed by atoms with Crippen molar-refractivity contribution in [1.29, 1.82) is 0 Å². The molecule has 0 nitrogen and oxygen atoms in total. The predicted molar refractivity (Wildman–Crippen MR) is 131 cm³/mol. The second-order valence-corrected chi connectivity index (χ2v) is 12.3. The van der Waals surface area contributed by atoms with E-state index in [1.54, 1.807) is 0 Å². The molecule has 0 fully saturated rings. The Labute approximate surface area is 183 Å². The van der Waals surface area contributed by atoms with Gasteiger partial charge in [-0.05, 0) is 0 Å². The third-order valence-electron chi connectivity index (χ3n) is 5.49. The van der Waals surface area contributed by atoms with E-state index in [9.17, 15) is 0 Å². The molecule has 4 rings (SSSR count). The molecular weight excluding hydrogens is 414 g/mol. The first-order valence-electron chi connectivity index (χ1n) is 9.76. The van der Waals surface area contributed by atoms with Gasteiger partial charge in [0.1, 0.15) is 0 Å². The molecule has 0 N–H and O–H groups in total. The second kappa shape index (κ2) is 9.14. The molecular formula is C26H23Cl2P. The molecule has 0 aliphatic heterocycles. The number of hydrogen-bond donors (Lipinski definition) is 0. The molecule has 0 saturated heterocycles. The molecule has 3 heteroatoms. The maximum absolute atomic E-state index is 6.16. The van der Waals surface area contributed by atoms with E-state index in [0.717, 1.165) is 22.4 Å². The summed E-state index contributed by atoms with van der Waals surface area (Å²) in [4.78, 5) is 0. The minimum absolute atomic E-state index is 0.776. The molecule has 4 aromatic rings. The van der Waals surface area contributed by atoms with Crippen LogP contribution in [0, 0.1) is 0 Å². The second-order valence-electron chi connectivity index (χ2n) is 7.42. The quantitative estimate of drug-likeness (QED) is 0.283. The first-order chi connectivity index (χ1) is 14.2. The Morgan fingerprint density at radius 2 is 0.793 bits per heavy atom. The van der Waals surface area contributed by atoms with Gasteiger partial charge in [0.25, 0.3) is 0 Å². The first kappa shape index (κ1) is 20.2. The molecule has 146 valence electrons. The van der Waals surface area contributed by atoms with E-state index in [0.29, 0.717) is 0 Å². The van der Waals surface area contributed by atoms with Crippen molar-refractivity contribution in [2.75, 3.05) is 0 Å². The molecule has 0 unspecified atom stereocenters. The van der Waals surface area contributed by atoms with Crippen LogP contribution in [0.2, 0.25) is 10.0 Å². The Morgan fingerprint density at radius 3 is 1.14 bits per heavy atom. The Hall–Kier alpha value is -2.11. The number of halogens is 2.